The molecule has 100 valence electrons. The summed E-state index contributed by atoms with van der Waals surface area (Å²) in [5, 5.41) is 12.2. The van der Waals surface area contributed by atoms with E-state index in [4.69, 9.17) is 10.1 Å². The van der Waals surface area contributed by atoms with E-state index in [-0.39, 0.29) is 6.54 Å². The van der Waals surface area contributed by atoms with Gasteiger partial charge in [0.25, 0.3) is 0 Å². The van der Waals surface area contributed by atoms with Crippen molar-refractivity contribution in [2.75, 3.05) is 19.6 Å². The summed E-state index contributed by atoms with van der Waals surface area (Å²) in [6.45, 7) is 6.17. The maximum Gasteiger partial charge on any atom is 0.317 e. The number of piperidine rings is 1. The fourth-order valence-electron chi connectivity index (χ4n) is 2.35. The topological polar surface area (TPSA) is 53.4 Å². The van der Waals surface area contributed by atoms with E-state index >= 15 is 0 Å². The second kappa shape index (κ2) is 5.80. The Morgan fingerprint density at radius 1 is 1.67 bits per heavy atom. The Bertz CT molecular complexity index is 417. The standard InChI is InChI=1S/C13H20N2O2S/c1-9(2)11-8-18-13(14-11)10-4-3-5-15(6-10)7-12(16)17/h8-10H,3-7H2,1-2H3,(H,16,17)/t10-/m0/s1. The highest BCUT2D eigenvalue weighted by molar-refractivity contribution is 7.09. The van der Waals surface area contributed by atoms with Gasteiger partial charge in [-0.05, 0) is 25.3 Å². The zero-order valence-electron chi connectivity index (χ0n) is 10.9. The number of rotatable bonds is 4. The van der Waals surface area contributed by atoms with Gasteiger partial charge in [0.05, 0.1) is 17.2 Å². The first-order valence-electron chi connectivity index (χ1n) is 6.45. The summed E-state index contributed by atoms with van der Waals surface area (Å²) in [6, 6.07) is 0. The van der Waals surface area contributed by atoms with Crippen LogP contribution < -0.4 is 0 Å². The van der Waals surface area contributed by atoms with Gasteiger partial charge in [-0.25, -0.2) is 4.98 Å². The minimum absolute atomic E-state index is 0.152. The van der Waals surface area contributed by atoms with Crippen molar-refractivity contribution in [1.82, 2.24) is 9.88 Å². The lowest BCUT2D eigenvalue weighted by Gasteiger charge is -2.30. The molecule has 18 heavy (non-hydrogen) atoms. The molecule has 0 radical (unpaired) electrons. The van der Waals surface area contributed by atoms with Crippen LogP contribution in [0.1, 0.15) is 49.2 Å². The maximum absolute atomic E-state index is 10.7. The van der Waals surface area contributed by atoms with E-state index in [2.05, 4.69) is 19.2 Å². The molecular weight excluding hydrogens is 248 g/mol. The summed E-state index contributed by atoms with van der Waals surface area (Å²) in [6.07, 6.45) is 2.19. The van der Waals surface area contributed by atoms with Gasteiger partial charge in [-0.2, -0.15) is 0 Å². The van der Waals surface area contributed by atoms with Crippen LogP contribution in [-0.4, -0.2) is 40.6 Å². The van der Waals surface area contributed by atoms with Gasteiger partial charge < -0.3 is 5.11 Å². The van der Waals surface area contributed by atoms with Gasteiger partial charge in [-0.3, -0.25) is 9.69 Å². The lowest BCUT2D eigenvalue weighted by Crippen LogP contribution is -2.37. The van der Waals surface area contributed by atoms with Crippen LogP contribution in [0.5, 0.6) is 0 Å². The molecule has 0 spiro atoms. The van der Waals surface area contributed by atoms with Gasteiger partial charge in [0, 0.05) is 17.8 Å². The van der Waals surface area contributed by atoms with E-state index in [9.17, 15) is 4.79 Å². The number of aliphatic carboxylic acids is 1. The molecule has 0 unspecified atom stereocenters. The molecule has 1 aromatic heterocycles. The number of aromatic nitrogens is 1. The van der Waals surface area contributed by atoms with Crippen molar-refractivity contribution in [3.63, 3.8) is 0 Å². The van der Waals surface area contributed by atoms with Crippen LogP contribution in [-0.2, 0) is 4.79 Å². The largest absolute Gasteiger partial charge is 0.480 e. The Labute approximate surface area is 112 Å². The summed E-state index contributed by atoms with van der Waals surface area (Å²) in [5.41, 5.74) is 1.16. The van der Waals surface area contributed by atoms with E-state index < -0.39 is 5.97 Å². The molecule has 1 aliphatic heterocycles. The summed E-state index contributed by atoms with van der Waals surface area (Å²) in [5.74, 6) is 0.141. The Kier molecular flexibility index (Phi) is 4.35. The van der Waals surface area contributed by atoms with E-state index in [1.165, 1.54) is 5.01 Å². The summed E-state index contributed by atoms with van der Waals surface area (Å²) in [4.78, 5) is 17.5. The minimum atomic E-state index is -0.738. The van der Waals surface area contributed by atoms with Crippen LogP contribution in [0.15, 0.2) is 5.38 Å². The van der Waals surface area contributed by atoms with Gasteiger partial charge in [0.15, 0.2) is 0 Å². The molecule has 0 aromatic carbocycles. The number of likely N-dealkylation sites (tertiary alicyclic amines) is 1. The molecule has 4 nitrogen and oxygen atoms in total. The average molecular weight is 268 g/mol. The van der Waals surface area contributed by atoms with Crippen molar-refractivity contribution in [3.05, 3.63) is 16.1 Å². The van der Waals surface area contributed by atoms with Gasteiger partial charge in [0.2, 0.25) is 0 Å². The van der Waals surface area contributed by atoms with Crippen LogP contribution in [0.25, 0.3) is 0 Å². The quantitative estimate of drug-likeness (QED) is 0.911. The molecule has 0 aliphatic carbocycles. The van der Waals surface area contributed by atoms with Gasteiger partial charge >= 0.3 is 5.97 Å². The van der Waals surface area contributed by atoms with E-state index in [1.807, 2.05) is 4.90 Å². The molecule has 0 bridgehead atoms. The lowest BCUT2D eigenvalue weighted by molar-refractivity contribution is -0.138. The number of carbonyl (C=O) groups is 1. The molecule has 5 heteroatoms. The summed E-state index contributed by atoms with van der Waals surface area (Å²) in [7, 11) is 0. The molecule has 0 amide bonds. The lowest BCUT2D eigenvalue weighted by atomic mass is 9.98. The molecule has 1 aliphatic rings. The van der Waals surface area contributed by atoms with Gasteiger partial charge in [-0.1, -0.05) is 13.8 Å². The van der Waals surface area contributed by atoms with Crippen molar-refractivity contribution in [1.29, 1.82) is 0 Å². The number of hydrogen-bond donors (Lipinski definition) is 1. The van der Waals surface area contributed by atoms with Gasteiger partial charge in [-0.15, -0.1) is 11.3 Å². The van der Waals surface area contributed by atoms with Crippen LogP contribution in [0.3, 0.4) is 0 Å². The highest BCUT2D eigenvalue weighted by Crippen LogP contribution is 2.30. The van der Waals surface area contributed by atoms with Crippen molar-refractivity contribution < 1.29 is 9.90 Å². The molecule has 2 rings (SSSR count). The fourth-order valence-corrected chi connectivity index (χ4v) is 3.45. The first kappa shape index (κ1) is 13.5. The highest BCUT2D eigenvalue weighted by atomic mass is 32.1. The van der Waals surface area contributed by atoms with Crippen LogP contribution in [0, 0.1) is 0 Å². The van der Waals surface area contributed by atoms with Crippen molar-refractivity contribution in [2.45, 2.75) is 38.5 Å². The van der Waals surface area contributed by atoms with E-state index in [0.29, 0.717) is 11.8 Å². The second-order valence-electron chi connectivity index (χ2n) is 5.23. The smallest absolute Gasteiger partial charge is 0.317 e. The predicted octanol–water partition coefficient (Wildman–Crippen LogP) is 2.53. The molecule has 1 saturated heterocycles. The third kappa shape index (κ3) is 3.29. The summed E-state index contributed by atoms with van der Waals surface area (Å²) >= 11 is 1.72. The SMILES string of the molecule is CC(C)c1csc([C@H]2CCCN(CC(=O)O)C2)n1. The van der Waals surface area contributed by atoms with E-state index in [0.717, 1.165) is 31.6 Å². The molecule has 1 aromatic rings. The number of carboxylic acid groups (broad SMARTS) is 1. The minimum Gasteiger partial charge on any atom is -0.480 e. The van der Waals surface area contributed by atoms with Crippen LogP contribution >= 0.6 is 11.3 Å². The summed E-state index contributed by atoms with van der Waals surface area (Å²) < 4.78 is 0. The first-order chi connectivity index (χ1) is 8.56. The van der Waals surface area contributed by atoms with Crippen LogP contribution in [0.2, 0.25) is 0 Å². The Morgan fingerprint density at radius 2 is 2.44 bits per heavy atom. The van der Waals surface area contributed by atoms with Crippen molar-refractivity contribution in [3.8, 4) is 0 Å². The average Bonchev–Trinajstić information content (AvgIpc) is 2.77. The van der Waals surface area contributed by atoms with Crippen LogP contribution in [0.4, 0.5) is 0 Å². The number of thiazole rings is 1. The number of hydrogen-bond acceptors (Lipinski definition) is 4. The highest BCUT2D eigenvalue weighted by Gasteiger charge is 2.25. The Hall–Kier alpha value is -0.940. The number of carboxylic acids is 1. The van der Waals surface area contributed by atoms with Crippen molar-refractivity contribution in [2.24, 2.45) is 0 Å². The molecule has 1 N–H and O–H groups in total. The molecule has 1 fully saturated rings. The molecule has 1 atom stereocenters. The molecule has 2 heterocycles. The zero-order valence-corrected chi connectivity index (χ0v) is 11.7. The van der Waals surface area contributed by atoms with E-state index in [1.54, 1.807) is 11.3 Å². The van der Waals surface area contributed by atoms with Gasteiger partial charge in [0.1, 0.15) is 0 Å². The third-order valence-corrected chi connectivity index (χ3v) is 4.37. The Morgan fingerprint density at radius 3 is 3.06 bits per heavy atom. The molecular formula is C13H20N2O2S. The zero-order chi connectivity index (χ0) is 13.1. The Balaban J connectivity index is 2.01. The normalized spacial score (nSPS) is 21.4. The second-order valence-corrected chi connectivity index (χ2v) is 6.12. The first-order valence-corrected chi connectivity index (χ1v) is 7.33. The van der Waals surface area contributed by atoms with Crippen molar-refractivity contribution >= 4 is 17.3 Å². The monoisotopic (exact) mass is 268 g/mol. The predicted molar refractivity (Wildman–Crippen MR) is 72.3 cm³/mol. The molecule has 0 saturated carbocycles. The third-order valence-electron chi connectivity index (χ3n) is 3.34. The maximum atomic E-state index is 10.7. The number of nitrogens with zero attached hydrogens (tertiary/aromatic N) is 2. The fraction of sp³-hybridized carbons (Fsp3) is 0.692.